The molecule has 2 aromatic carbocycles. The van der Waals surface area contributed by atoms with Crippen LogP contribution in [0.4, 0.5) is 5.69 Å². The van der Waals surface area contributed by atoms with E-state index in [1.165, 1.54) is 24.4 Å². The average Bonchev–Trinajstić information content (AvgIpc) is 3.04. The molecule has 1 aliphatic heterocycles. The average molecular weight is 323 g/mol. The molecule has 3 rings (SSSR count). The van der Waals surface area contributed by atoms with Crippen LogP contribution in [0.25, 0.3) is 6.08 Å². The van der Waals surface area contributed by atoms with Gasteiger partial charge in [-0.2, -0.15) is 0 Å². The third-order valence-corrected chi connectivity index (χ3v) is 4.11. The van der Waals surface area contributed by atoms with Crippen LogP contribution in [0.3, 0.4) is 0 Å². The predicted octanol–water partition coefficient (Wildman–Crippen LogP) is 3.31. The summed E-state index contributed by atoms with van der Waals surface area (Å²) in [5, 5.41) is 0. The number of esters is 1. The van der Waals surface area contributed by atoms with Crippen molar-refractivity contribution in [1.82, 2.24) is 0 Å². The van der Waals surface area contributed by atoms with E-state index in [1.807, 2.05) is 24.3 Å². The second kappa shape index (κ2) is 7.68. The Labute approximate surface area is 142 Å². The van der Waals surface area contributed by atoms with Gasteiger partial charge in [-0.1, -0.05) is 30.3 Å². The highest BCUT2D eigenvalue weighted by molar-refractivity contribution is 5.86. The first-order valence-corrected chi connectivity index (χ1v) is 8.08. The summed E-state index contributed by atoms with van der Waals surface area (Å²) in [6, 6.07) is 16.2. The third kappa shape index (κ3) is 3.96. The zero-order valence-electron chi connectivity index (χ0n) is 13.8. The van der Waals surface area contributed by atoms with Crippen LogP contribution >= 0.6 is 0 Å². The number of carbonyl (C=O) groups excluding carboxylic acids is 1. The zero-order valence-corrected chi connectivity index (χ0v) is 13.8. The molecule has 0 spiro atoms. The van der Waals surface area contributed by atoms with Crippen LogP contribution < -0.4 is 9.64 Å². The lowest BCUT2D eigenvalue weighted by atomic mass is 10.2. The monoisotopic (exact) mass is 323 g/mol. The maximum Gasteiger partial charge on any atom is 0.330 e. The Kier molecular flexibility index (Phi) is 5.16. The first-order chi connectivity index (χ1) is 11.8. The summed E-state index contributed by atoms with van der Waals surface area (Å²) in [6.07, 6.45) is 4.23. The Morgan fingerprint density at radius 2 is 1.96 bits per heavy atom. The minimum atomic E-state index is -0.360. The molecule has 0 amide bonds. The van der Waals surface area contributed by atoms with E-state index in [-0.39, 0.29) is 5.97 Å². The van der Waals surface area contributed by atoms with Crippen molar-refractivity contribution in [2.75, 3.05) is 31.7 Å². The molecule has 4 nitrogen and oxygen atoms in total. The van der Waals surface area contributed by atoms with Gasteiger partial charge in [0.25, 0.3) is 0 Å². The summed E-state index contributed by atoms with van der Waals surface area (Å²) in [5.74, 6) is 0.471. The van der Waals surface area contributed by atoms with Gasteiger partial charge in [0.1, 0.15) is 12.4 Å². The summed E-state index contributed by atoms with van der Waals surface area (Å²) in [5.41, 5.74) is 3.67. The van der Waals surface area contributed by atoms with Crippen molar-refractivity contribution in [3.05, 3.63) is 65.7 Å². The number of hydrogen-bond acceptors (Lipinski definition) is 4. The highest BCUT2D eigenvalue weighted by atomic mass is 16.5. The van der Waals surface area contributed by atoms with Gasteiger partial charge in [0.15, 0.2) is 0 Å². The SMILES string of the molecule is COC(=O)/C=C/c1ccc(OCCN2CCc3ccccc32)cc1. The van der Waals surface area contributed by atoms with Crippen molar-refractivity contribution in [2.45, 2.75) is 6.42 Å². The molecule has 0 saturated carbocycles. The molecule has 0 aromatic heterocycles. The smallest absolute Gasteiger partial charge is 0.330 e. The molecule has 0 saturated heterocycles. The van der Waals surface area contributed by atoms with Crippen LogP contribution in [0, 0.1) is 0 Å². The van der Waals surface area contributed by atoms with Gasteiger partial charge in [-0.3, -0.25) is 0 Å². The van der Waals surface area contributed by atoms with Crippen molar-refractivity contribution in [1.29, 1.82) is 0 Å². The van der Waals surface area contributed by atoms with E-state index >= 15 is 0 Å². The number of nitrogens with zero attached hydrogens (tertiary/aromatic N) is 1. The maximum atomic E-state index is 11.1. The van der Waals surface area contributed by atoms with Gasteiger partial charge in [-0.25, -0.2) is 4.79 Å². The minimum Gasteiger partial charge on any atom is -0.492 e. The number of fused-ring (bicyclic) bond motifs is 1. The second-order valence-electron chi connectivity index (χ2n) is 5.64. The lowest BCUT2D eigenvalue weighted by Gasteiger charge is -2.19. The molecule has 0 unspecified atom stereocenters. The molecule has 0 N–H and O–H groups in total. The molecule has 0 radical (unpaired) electrons. The molecule has 1 heterocycles. The zero-order chi connectivity index (χ0) is 16.8. The molecule has 0 bridgehead atoms. The van der Waals surface area contributed by atoms with Gasteiger partial charge in [-0.15, -0.1) is 0 Å². The number of benzene rings is 2. The van der Waals surface area contributed by atoms with E-state index in [2.05, 4.69) is 33.9 Å². The van der Waals surface area contributed by atoms with Gasteiger partial charge in [0.2, 0.25) is 0 Å². The highest BCUT2D eigenvalue weighted by Gasteiger charge is 2.17. The number of para-hydroxylation sites is 1. The summed E-state index contributed by atoms with van der Waals surface area (Å²) >= 11 is 0. The van der Waals surface area contributed by atoms with Gasteiger partial charge >= 0.3 is 5.97 Å². The van der Waals surface area contributed by atoms with E-state index in [0.29, 0.717) is 6.61 Å². The molecule has 0 fully saturated rings. The van der Waals surface area contributed by atoms with E-state index in [0.717, 1.165) is 30.8 Å². The van der Waals surface area contributed by atoms with Gasteiger partial charge in [0, 0.05) is 18.3 Å². The maximum absolute atomic E-state index is 11.1. The highest BCUT2D eigenvalue weighted by Crippen LogP contribution is 2.26. The van der Waals surface area contributed by atoms with Crippen molar-refractivity contribution in [2.24, 2.45) is 0 Å². The van der Waals surface area contributed by atoms with Gasteiger partial charge in [-0.05, 0) is 41.8 Å². The largest absolute Gasteiger partial charge is 0.492 e. The van der Waals surface area contributed by atoms with Crippen LogP contribution in [0.2, 0.25) is 0 Å². The molecule has 1 aliphatic rings. The molecule has 24 heavy (non-hydrogen) atoms. The van der Waals surface area contributed by atoms with E-state index in [4.69, 9.17) is 4.74 Å². The Hall–Kier alpha value is -2.75. The molecule has 124 valence electrons. The molecular formula is C20H21NO3. The number of rotatable bonds is 6. The van der Waals surface area contributed by atoms with Crippen LogP contribution in [0.1, 0.15) is 11.1 Å². The normalized spacial score (nSPS) is 13.1. The first kappa shape index (κ1) is 16.1. The lowest BCUT2D eigenvalue weighted by Crippen LogP contribution is -2.26. The predicted molar refractivity (Wildman–Crippen MR) is 95.3 cm³/mol. The first-order valence-electron chi connectivity index (χ1n) is 8.08. The van der Waals surface area contributed by atoms with Crippen LogP contribution in [0.15, 0.2) is 54.6 Å². The summed E-state index contributed by atoms with van der Waals surface area (Å²) in [6.45, 7) is 2.58. The van der Waals surface area contributed by atoms with Crippen LogP contribution in [-0.4, -0.2) is 32.8 Å². The quantitative estimate of drug-likeness (QED) is 0.604. The summed E-state index contributed by atoms with van der Waals surface area (Å²) < 4.78 is 10.4. The number of methoxy groups -OCH3 is 1. The minimum absolute atomic E-state index is 0.360. The molecule has 2 aromatic rings. The van der Waals surface area contributed by atoms with Crippen molar-refractivity contribution >= 4 is 17.7 Å². The second-order valence-corrected chi connectivity index (χ2v) is 5.64. The molecule has 4 heteroatoms. The number of ether oxygens (including phenoxy) is 2. The third-order valence-electron chi connectivity index (χ3n) is 4.11. The Balaban J connectivity index is 1.49. The lowest BCUT2D eigenvalue weighted by molar-refractivity contribution is -0.134. The fourth-order valence-electron chi connectivity index (χ4n) is 2.82. The van der Waals surface area contributed by atoms with Crippen LogP contribution in [-0.2, 0) is 16.0 Å². The van der Waals surface area contributed by atoms with Crippen LogP contribution in [0.5, 0.6) is 5.75 Å². The number of hydrogen-bond donors (Lipinski definition) is 0. The van der Waals surface area contributed by atoms with Crippen molar-refractivity contribution in [3.8, 4) is 5.75 Å². The van der Waals surface area contributed by atoms with E-state index < -0.39 is 0 Å². The summed E-state index contributed by atoms with van der Waals surface area (Å²) in [7, 11) is 1.36. The Morgan fingerprint density at radius 3 is 2.75 bits per heavy atom. The van der Waals surface area contributed by atoms with E-state index in [9.17, 15) is 4.79 Å². The topological polar surface area (TPSA) is 38.8 Å². The van der Waals surface area contributed by atoms with Crippen molar-refractivity contribution < 1.29 is 14.3 Å². The Bertz CT molecular complexity index is 722. The molecular weight excluding hydrogens is 302 g/mol. The van der Waals surface area contributed by atoms with Crippen molar-refractivity contribution in [3.63, 3.8) is 0 Å². The van der Waals surface area contributed by atoms with E-state index in [1.54, 1.807) is 6.08 Å². The standard InChI is InChI=1S/C20H21NO3/c1-23-20(22)11-8-16-6-9-18(10-7-16)24-15-14-21-13-12-17-4-2-3-5-19(17)21/h2-11H,12-15H2,1H3/b11-8+. The fourth-order valence-corrected chi connectivity index (χ4v) is 2.82. The molecule has 0 aliphatic carbocycles. The van der Waals surface area contributed by atoms with Gasteiger partial charge in [0.05, 0.1) is 13.7 Å². The molecule has 0 atom stereocenters. The number of carbonyl (C=O) groups is 1. The number of anilines is 1. The fraction of sp³-hybridized carbons (Fsp3) is 0.250. The summed E-state index contributed by atoms with van der Waals surface area (Å²) in [4.78, 5) is 13.4. The Morgan fingerprint density at radius 1 is 1.17 bits per heavy atom. The van der Waals surface area contributed by atoms with Gasteiger partial charge < -0.3 is 14.4 Å².